The summed E-state index contributed by atoms with van der Waals surface area (Å²) in [6.07, 6.45) is 8.33. The molecule has 0 radical (unpaired) electrons. The molecule has 3 nitrogen and oxygen atoms in total. The van der Waals surface area contributed by atoms with Crippen molar-refractivity contribution in [3.63, 3.8) is 0 Å². The average molecular weight is 238 g/mol. The van der Waals surface area contributed by atoms with E-state index >= 15 is 0 Å². The van der Waals surface area contributed by atoms with Crippen LogP contribution in [0.4, 0.5) is 0 Å². The van der Waals surface area contributed by atoms with E-state index in [2.05, 4.69) is 10.2 Å². The van der Waals surface area contributed by atoms with Gasteiger partial charge in [-0.25, -0.2) is 0 Å². The van der Waals surface area contributed by atoms with Crippen molar-refractivity contribution in [3.8, 4) is 0 Å². The molecular weight excluding hydrogens is 212 g/mol. The Morgan fingerprint density at radius 3 is 2.35 bits per heavy atom. The number of nitrogens with zero attached hydrogens (tertiary/aromatic N) is 1. The van der Waals surface area contributed by atoms with E-state index in [0.717, 1.165) is 44.3 Å². The second kappa shape index (κ2) is 6.39. The summed E-state index contributed by atoms with van der Waals surface area (Å²) >= 11 is 0. The Morgan fingerprint density at radius 2 is 1.76 bits per heavy atom. The van der Waals surface area contributed by atoms with Crippen molar-refractivity contribution in [1.29, 1.82) is 0 Å². The molecule has 0 spiro atoms. The molecule has 2 fully saturated rings. The van der Waals surface area contributed by atoms with Gasteiger partial charge in [0.2, 0.25) is 5.91 Å². The first-order valence-corrected chi connectivity index (χ1v) is 7.22. The Hall–Kier alpha value is -0.570. The Bertz CT molecular complexity index is 243. The highest BCUT2D eigenvalue weighted by atomic mass is 16.2. The predicted octanol–water partition coefficient (Wildman–Crippen LogP) is 2.02. The van der Waals surface area contributed by atoms with Gasteiger partial charge in [0.15, 0.2) is 0 Å². The molecule has 1 heterocycles. The fourth-order valence-corrected chi connectivity index (χ4v) is 2.71. The molecule has 0 atom stereocenters. The van der Waals surface area contributed by atoms with Gasteiger partial charge >= 0.3 is 0 Å². The summed E-state index contributed by atoms with van der Waals surface area (Å²) < 4.78 is 0. The molecule has 3 heteroatoms. The Labute approximate surface area is 105 Å². The fraction of sp³-hybridized carbons (Fsp3) is 0.929. The minimum atomic E-state index is 0.406. The Kier molecular flexibility index (Phi) is 4.84. The molecule has 17 heavy (non-hydrogen) atoms. The topological polar surface area (TPSA) is 32.3 Å². The number of hydrogen-bond acceptors (Lipinski definition) is 2. The summed E-state index contributed by atoms with van der Waals surface area (Å²) in [5.41, 5.74) is 0. The molecule has 2 aliphatic rings. The predicted molar refractivity (Wildman–Crippen MR) is 69.8 cm³/mol. The third-order valence-electron chi connectivity index (χ3n) is 4.23. The van der Waals surface area contributed by atoms with E-state index in [1.165, 1.54) is 32.1 Å². The molecule has 1 aliphatic heterocycles. The summed E-state index contributed by atoms with van der Waals surface area (Å²) in [4.78, 5) is 14.1. The lowest BCUT2D eigenvalue weighted by molar-refractivity contribution is -0.132. The number of rotatable bonds is 6. The maximum Gasteiger partial charge on any atom is 0.222 e. The van der Waals surface area contributed by atoms with E-state index in [4.69, 9.17) is 0 Å². The van der Waals surface area contributed by atoms with E-state index < -0.39 is 0 Å². The van der Waals surface area contributed by atoms with Crippen LogP contribution in [0.5, 0.6) is 0 Å². The fourth-order valence-electron chi connectivity index (χ4n) is 2.71. The van der Waals surface area contributed by atoms with Crippen LogP contribution in [0.1, 0.15) is 44.9 Å². The first-order chi connectivity index (χ1) is 8.29. The quantitative estimate of drug-likeness (QED) is 0.768. The minimum Gasteiger partial charge on any atom is -0.343 e. The van der Waals surface area contributed by atoms with Gasteiger partial charge in [0.05, 0.1) is 0 Å². The van der Waals surface area contributed by atoms with Crippen LogP contribution in [0.25, 0.3) is 0 Å². The van der Waals surface area contributed by atoms with Gasteiger partial charge in [0.1, 0.15) is 0 Å². The summed E-state index contributed by atoms with van der Waals surface area (Å²) in [6, 6.07) is 0. The number of nitrogens with one attached hydrogen (secondary N) is 1. The van der Waals surface area contributed by atoms with Crippen LogP contribution in [0, 0.1) is 11.8 Å². The molecule has 0 aromatic carbocycles. The van der Waals surface area contributed by atoms with Crippen LogP contribution in [0.3, 0.4) is 0 Å². The van der Waals surface area contributed by atoms with E-state index in [-0.39, 0.29) is 0 Å². The maximum absolute atomic E-state index is 12.0. The maximum atomic E-state index is 12.0. The molecule has 0 aromatic rings. The van der Waals surface area contributed by atoms with Crippen molar-refractivity contribution in [1.82, 2.24) is 10.2 Å². The Balaban J connectivity index is 1.61. The lowest BCUT2D eigenvalue weighted by Gasteiger charge is -2.32. The van der Waals surface area contributed by atoms with Gasteiger partial charge in [-0.3, -0.25) is 4.79 Å². The van der Waals surface area contributed by atoms with Crippen LogP contribution in [0.2, 0.25) is 0 Å². The first kappa shape index (κ1) is 12.9. The zero-order valence-corrected chi connectivity index (χ0v) is 11.1. The zero-order valence-electron chi connectivity index (χ0n) is 11.1. The largest absolute Gasteiger partial charge is 0.343 e. The summed E-state index contributed by atoms with van der Waals surface area (Å²) in [7, 11) is 2.01. The molecule has 98 valence electrons. The van der Waals surface area contributed by atoms with E-state index in [9.17, 15) is 4.79 Å². The molecule has 2 rings (SSSR count). The summed E-state index contributed by atoms with van der Waals surface area (Å²) in [5.74, 6) is 2.12. The van der Waals surface area contributed by atoms with Gasteiger partial charge in [0.25, 0.3) is 0 Å². The van der Waals surface area contributed by atoms with Gasteiger partial charge in [-0.05, 0) is 51.1 Å². The van der Waals surface area contributed by atoms with Crippen LogP contribution in [0.15, 0.2) is 0 Å². The number of likely N-dealkylation sites (tertiary alicyclic amines) is 1. The van der Waals surface area contributed by atoms with Crippen LogP contribution in [-0.4, -0.2) is 37.5 Å². The van der Waals surface area contributed by atoms with Gasteiger partial charge in [-0.2, -0.15) is 0 Å². The number of hydrogen-bond donors (Lipinski definition) is 1. The van der Waals surface area contributed by atoms with Crippen molar-refractivity contribution >= 4 is 5.91 Å². The van der Waals surface area contributed by atoms with Crippen molar-refractivity contribution in [2.45, 2.75) is 44.9 Å². The highest BCUT2D eigenvalue weighted by Gasteiger charge is 2.25. The van der Waals surface area contributed by atoms with Crippen molar-refractivity contribution in [2.24, 2.45) is 11.8 Å². The van der Waals surface area contributed by atoms with Gasteiger partial charge in [-0.1, -0.05) is 12.8 Å². The molecule has 1 amide bonds. The van der Waals surface area contributed by atoms with Gasteiger partial charge < -0.3 is 10.2 Å². The molecule has 0 unspecified atom stereocenters. The molecule has 1 saturated carbocycles. The molecular formula is C14H26N2O. The van der Waals surface area contributed by atoms with E-state index in [1.807, 2.05) is 7.05 Å². The van der Waals surface area contributed by atoms with Crippen LogP contribution < -0.4 is 5.32 Å². The minimum absolute atomic E-state index is 0.406. The number of carbonyl (C=O) groups is 1. The van der Waals surface area contributed by atoms with Crippen molar-refractivity contribution in [2.75, 3.05) is 26.7 Å². The lowest BCUT2D eigenvalue weighted by Crippen LogP contribution is -2.38. The Morgan fingerprint density at radius 1 is 1.12 bits per heavy atom. The van der Waals surface area contributed by atoms with Crippen LogP contribution >= 0.6 is 0 Å². The normalized spacial score (nSPS) is 21.8. The van der Waals surface area contributed by atoms with Crippen molar-refractivity contribution in [3.05, 3.63) is 0 Å². The smallest absolute Gasteiger partial charge is 0.222 e. The first-order valence-electron chi connectivity index (χ1n) is 7.22. The third kappa shape index (κ3) is 4.30. The van der Waals surface area contributed by atoms with Crippen molar-refractivity contribution < 1.29 is 4.79 Å². The molecule has 0 bridgehead atoms. The molecule has 1 N–H and O–H groups in total. The molecule has 1 saturated heterocycles. The number of carbonyl (C=O) groups excluding carboxylic acids is 1. The number of piperidine rings is 1. The van der Waals surface area contributed by atoms with Gasteiger partial charge in [-0.15, -0.1) is 0 Å². The second-order valence-electron chi connectivity index (χ2n) is 5.70. The highest BCUT2D eigenvalue weighted by Crippen LogP contribution is 2.33. The summed E-state index contributed by atoms with van der Waals surface area (Å²) in [6.45, 7) is 3.11. The standard InChI is InChI=1S/C14H26N2O/c1-15-9-6-13-7-10-16(11-8-13)14(17)5-4-12-2-3-12/h12-13,15H,2-11H2,1H3. The third-order valence-corrected chi connectivity index (χ3v) is 4.23. The molecule has 1 aliphatic carbocycles. The molecule has 0 aromatic heterocycles. The summed E-state index contributed by atoms with van der Waals surface area (Å²) in [5, 5.41) is 3.21. The van der Waals surface area contributed by atoms with Gasteiger partial charge in [0, 0.05) is 19.5 Å². The average Bonchev–Trinajstić information content (AvgIpc) is 3.18. The SMILES string of the molecule is CNCCC1CCN(C(=O)CCC2CC2)CC1. The van der Waals surface area contributed by atoms with E-state index in [1.54, 1.807) is 0 Å². The highest BCUT2D eigenvalue weighted by molar-refractivity contribution is 5.76. The lowest BCUT2D eigenvalue weighted by atomic mass is 9.93. The zero-order chi connectivity index (χ0) is 12.1. The second-order valence-corrected chi connectivity index (χ2v) is 5.70. The van der Waals surface area contributed by atoms with Crippen LogP contribution in [-0.2, 0) is 4.79 Å². The monoisotopic (exact) mass is 238 g/mol. The number of amides is 1. The van der Waals surface area contributed by atoms with E-state index in [0.29, 0.717) is 5.91 Å².